The van der Waals surface area contributed by atoms with Crippen LogP contribution in [0.3, 0.4) is 0 Å². The van der Waals surface area contributed by atoms with Crippen molar-refractivity contribution in [1.82, 2.24) is 0 Å². The molecule has 0 aromatic heterocycles. The van der Waals surface area contributed by atoms with Crippen molar-refractivity contribution in [3.05, 3.63) is 107 Å². The van der Waals surface area contributed by atoms with E-state index in [0.717, 1.165) is 32.1 Å². The van der Waals surface area contributed by atoms with Crippen molar-refractivity contribution in [3.8, 4) is 5.75 Å². The summed E-state index contributed by atoms with van der Waals surface area (Å²) in [6.45, 7) is 0. The van der Waals surface area contributed by atoms with E-state index in [1.807, 2.05) is 78.9 Å². The molecule has 3 heteroatoms. The number of nitrogens with one attached hydrogen (secondary N) is 1. The maximum absolute atomic E-state index is 11.0. The zero-order chi connectivity index (χ0) is 17.9. The first-order valence-corrected chi connectivity index (χ1v) is 9.30. The molecule has 128 valence electrons. The van der Waals surface area contributed by atoms with Gasteiger partial charge in [-0.1, -0.05) is 88.7 Å². The van der Waals surface area contributed by atoms with Gasteiger partial charge < -0.3 is 10.4 Å². The van der Waals surface area contributed by atoms with Crippen LogP contribution in [0.5, 0.6) is 5.75 Å². The van der Waals surface area contributed by atoms with Crippen molar-refractivity contribution in [2.24, 2.45) is 0 Å². The molecule has 0 radical (unpaired) electrons. The lowest BCUT2D eigenvalue weighted by Gasteiger charge is -2.23. The lowest BCUT2D eigenvalue weighted by molar-refractivity contribution is 0.473. The van der Waals surface area contributed by atoms with Gasteiger partial charge >= 0.3 is 0 Å². The molecule has 1 unspecified atom stereocenters. The van der Waals surface area contributed by atoms with Gasteiger partial charge in [0.1, 0.15) is 5.75 Å². The van der Waals surface area contributed by atoms with Gasteiger partial charge in [0, 0.05) is 21.1 Å². The van der Waals surface area contributed by atoms with Crippen LogP contribution in [0.1, 0.15) is 17.2 Å². The third kappa shape index (κ3) is 3.18. The van der Waals surface area contributed by atoms with Gasteiger partial charge in [0.25, 0.3) is 0 Å². The van der Waals surface area contributed by atoms with Crippen LogP contribution < -0.4 is 5.32 Å². The molecule has 4 rings (SSSR count). The lowest BCUT2D eigenvalue weighted by Crippen LogP contribution is -2.12. The fraction of sp³-hybridized carbons (Fsp3) is 0.0435. The average Bonchev–Trinajstić information content (AvgIpc) is 2.71. The minimum atomic E-state index is -0.167. The van der Waals surface area contributed by atoms with Crippen LogP contribution in [-0.4, -0.2) is 5.11 Å². The summed E-state index contributed by atoms with van der Waals surface area (Å²) in [5, 5.41) is 16.4. The summed E-state index contributed by atoms with van der Waals surface area (Å²) in [6.07, 6.45) is 0. The Balaban J connectivity index is 1.89. The summed E-state index contributed by atoms with van der Waals surface area (Å²) in [6, 6.07) is 29.9. The highest BCUT2D eigenvalue weighted by atomic mass is 79.9. The van der Waals surface area contributed by atoms with Crippen LogP contribution in [-0.2, 0) is 0 Å². The first-order valence-electron chi connectivity index (χ1n) is 8.50. The van der Waals surface area contributed by atoms with Gasteiger partial charge in [-0.2, -0.15) is 0 Å². The molecular weight excluding hydrogens is 386 g/mol. The van der Waals surface area contributed by atoms with Gasteiger partial charge in [-0.25, -0.2) is 0 Å². The zero-order valence-electron chi connectivity index (χ0n) is 14.1. The molecule has 4 aromatic rings. The highest BCUT2D eigenvalue weighted by Crippen LogP contribution is 2.40. The first-order chi connectivity index (χ1) is 12.7. The van der Waals surface area contributed by atoms with Crippen molar-refractivity contribution in [2.75, 3.05) is 5.32 Å². The van der Waals surface area contributed by atoms with E-state index in [2.05, 4.69) is 33.4 Å². The monoisotopic (exact) mass is 403 g/mol. The van der Waals surface area contributed by atoms with Gasteiger partial charge in [0.05, 0.1) is 6.04 Å². The van der Waals surface area contributed by atoms with Crippen molar-refractivity contribution in [1.29, 1.82) is 0 Å². The average molecular weight is 404 g/mol. The highest BCUT2D eigenvalue weighted by Gasteiger charge is 2.20. The molecule has 0 aliphatic carbocycles. The zero-order valence-corrected chi connectivity index (χ0v) is 15.6. The summed E-state index contributed by atoms with van der Waals surface area (Å²) in [4.78, 5) is 0. The summed E-state index contributed by atoms with van der Waals surface area (Å²) in [5.74, 6) is 0.307. The van der Waals surface area contributed by atoms with Crippen molar-refractivity contribution < 1.29 is 5.11 Å². The Morgan fingerprint density at radius 3 is 2.00 bits per heavy atom. The molecule has 0 fully saturated rings. The molecule has 4 aromatic carbocycles. The molecular formula is C23H18BrNO. The molecule has 26 heavy (non-hydrogen) atoms. The van der Waals surface area contributed by atoms with Gasteiger partial charge in [0.15, 0.2) is 0 Å². The number of halogens is 1. The number of hydrogen-bond donors (Lipinski definition) is 2. The number of hydrogen-bond acceptors (Lipinski definition) is 2. The van der Waals surface area contributed by atoms with Crippen LogP contribution in [0.2, 0.25) is 0 Å². The Hall–Kier alpha value is -2.78. The molecule has 0 saturated heterocycles. The van der Waals surface area contributed by atoms with Gasteiger partial charge in [-0.05, 0) is 29.1 Å². The second kappa shape index (κ2) is 7.22. The van der Waals surface area contributed by atoms with E-state index >= 15 is 0 Å². The Labute approximate surface area is 161 Å². The predicted octanol–water partition coefficient (Wildman–Crippen LogP) is 6.51. The maximum Gasteiger partial charge on any atom is 0.129 e. The summed E-state index contributed by atoms with van der Waals surface area (Å²) in [7, 11) is 0. The number of rotatable bonds is 4. The fourth-order valence-corrected chi connectivity index (χ4v) is 3.84. The van der Waals surface area contributed by atoms with Crippen LogP contribution in [0.25, 0.3) is 10.8 Å². The Bertz CT molecular complexity index is 1030. The topological polar surface area (TPSA) is 32.3 Å². The molecule has 0 heterocycles. The van der Waals surface area contributed by atoms with Crippen LogP contribution in [0.15, 0.2) is 95.5 Å². The summed E-state index contributed by atoms with van der Waals surface area (Å²) >= 11 is 3.67. The van der Waals surface area contributed by atoms with Crippen molar-refractivity contribution >= 4 is 32.4 Å². The van der Waals surface area contributed by atoms with Gasteiger partial charge in [-0.3, -0.25) is 0 Å². The molecule has 0 spiro atoms. The molecule has 1 atom stereocenters. The Kier molecular flexibility index (Phi) is 4.63. The quantitative estimate of drug-likeness (QED) is 0.406. The SMILES string of the molecule is Oc1c(C(Nc2ccccc2)c2ccccc2)cc(Br)c2ccccc12. The number of aromatic hydroxyl groups is 1. The number of fused-ring (bicyclic) bond motifs is 1. The number of phenols is 1. The molecule has 0 aliphatic rings. The maximum atomic E-state index is 11.0. The van der Waals surface area contributed by atoms with E-state index in [-0.39, 0.29) is 6.04 Å². The highest BCUT2D eigenvalue weighted by molar-refractivity contribution is 9.10. The first kappa shape index (κ1) is 16.7. The minimum Gasteiger partial charge on any atom is -0.507 e. The molecule has 0 amide bonds. The standard InChI is InChI=1S/C23H18BrNO/c24-21-15-20(23(26)19-14-8-7-13-18(19)21)22(16-9-3-1-4-10-16)25-17-11-5-2-6-12-17/h1-15,22,25-26H. The van der Waals surface area contributed by atoms with E-state index in [9.17, 15) is 5.11 Å². The van der Waals surface area contributed by atoms with Crippen molar-refractivity contribution in [3.63, 3.8) is 0 Å². The molecule has 2 N–H and O–H groups in total. The van der Waals surface area contributed by atoms with E-state index < -0.39 is 0 Å². The second-order valence-electron chi connectivity index (χ2n) is 6.20. The Morgan fingerprint density at radius 2 is 1.31 bits per heavy atom. The van der Waals surface area contributed by atoms with Crippen molar-refractivity contribution in [2.45, 2.75) is 6.04 Å². The van der Waals surface area contributed by atoms with Crippen LogP contribution in [0, 0.1) is 0 Å². The largest absolute Gasteiger partial charge is 0.507 e. The van der Waals surface area contributed by atoms with Crippen LogP contribution in [0.4, 0.5) is 5.69 Å². The van der Waals surface area contributed by atoms with E-state index in [1.54, 1.807) is 0 Å². The summed E-state index contributed by atoms with van der Waals surface area (Å²) in [5.41, 5.74) is 2.93. The van der Waals surface area contributed by atoms with E-state index in [4.69, 9.17) is 0 Å². The molecule has 0 bridgehead atoms. The minimum absolute atomic E-state index is 0.167. The van der Waals surface area contributed by atoms with Crippen LogP contribution >= 0.6 is 15.9 Å². The Morgan fingerprint density at radius 1 is 0.731 bits per heavy atom. The molecule has 2 nitrogen and oxygen atoms in total. The van der Waals surface area contributed by atoms with Gasteiger partial charge in [-0.15, -0.1) is 0 Å². The van der Waals surface area contributed by atoms with E-state index in [1.165, 1.54) is 0 Å². The third-order valence-electron chi connectivity index (χ3n) is 4.52. The smallest absolute Gasteiger partial charge is 0.129 e. The lowest BCUT2D eigenvalue weighted by atomic mass is 9.94. The molecule has 0 aliphatic heterocycles. The number of para-hydroxylation sites is 1. The number of anilines is 1. The normalized spacial score (nSPS) is 12.0. The fourth-order valence-electron chi connectivity index (χ4n) is 3.24. The van der Waals surface area contributed by atoms with E-state index in [0.29, 0.717) is 5.75 Å². The number of benzene rings is 4. The number of phenolic OH excluding ortho intramolecular Hbond substituents is 1. The third-order valence-corrected chi connectivity index (χ3v) is 5.18. The van der Waals surface area contributed by atoms with Gasteiger partial charge in [0.2, 0.25) is 0 Å². The predicted molar refractivity (Wildman–Crippen MR) is 112 cm³/mol. The summed E-state index contributed by atoms with van der Waals surface area (Å²) < 4.78 is 0.969. The molecule has 0 saturated carbocycles. The second-order valence-corrected chi connectivity index (χ2v) is 7.05.